The summed E-state index contributed by atoms with van der Waals surface area (Å²) in [5.41, 5.74) is 0.966. The van der Waals surface area contributed by atoms with E-state index in [9.17, 15) is 4.39 Å². The lowest BCUT2D eigenvalue weighted by Gasteiger charge is -2.28. The summed E-state index contributed by atoms with van der Waals surface area (Å²) in [7, 11) is 0. The number of benzene rings is 1. The molecule has 0 N–H and O–H groups in total. The van der Waals surface area contributed by atoms with E-state index in [-0.39, 0.29) is 5.56 Å². The molecule has 1 aliphatic rings. The van der Waals surface area contributed by atoms with Crippen LogP contribution in [0.4, 0.5) is 4.39 Å². The van der Waals surface area contributed by atoms with E-state index < -0.39 is 5.82 Å². The van der Waals surface area contributed by atoms with Gasteiger partial charge in [-0.05, 0) is 36.5 Å². The highest BCUT2D eigenvalue weighted by molar-refractivity contribution is 5.34. The first-order valence-electron chi connectivity index (χ1n) is 7.03. The lowest BCUT2D eigenvalue weighted by Crippen LogP contribution is -2.22. The van der Waals surface area contributed by atoms with Crippen LogP contribution >= 0.6 is 0 Å². The highest BCUT2D eigenvalue weighted by Gasteiger charge is 2.21. The van der Waals surface area contributed by atoms with Crippen molar-refractivity contribution in [2.45, 2.75) is 51.7 Å². The first-order valence-corrected chi connectivity index (χ1v) is 7.03. The summed E-state index contributed by atoms with van der Waals surface area (Å²) < 4.78 is 19.1. The van der Waals surface area contributed by atoms with Crippen LogP contribution in [0.15, 0.2) is 18.2 Å². The summed E-state index contributed by atoms with van der Waals surface area (Å²) >= 11 is 0. The molecular formula is C16H20FNO. The zero-order valence-electron chi connectivity index (χ0n) is 11.4. The van der Waals surface area contributed by atoms with Crippen molar-refractivity contribution in [3.63, 3.8) is 0 Å². The van der Waals surface area contributed by atoms with E-state index in [2.05, 4.69) is 6.92 Å². The number of rotatable bonds is 4. The molecule has 1 saturated carbocycles. The average molecular weight is 261 g/mol. The highest BCUT2D eigenvalue weighted by atomic mass is 19.1. The molecule has 0 aromatic heterocycles. The molecule has 2 rings (SSSR count). The Kier molecular flexibility index (Phi) is 4.93. The number of ether oxygens (including phenoxy) is 1. The molecule has 1 fully saturated rings. The van der Waals surface area contributed by atoms with E-state index in [0.29, 0.717) is 12.7 Å². The summed E-state index contributed by atoms with van der Waals surface area (Å²) in [5, 5.41) is 8.80. The van der Waals surface area contributed by atoms with Crippen molar-refractivity contribution >= 4 is 0 Å². The Morgan fingerprint density at radius 2 is 2.26 bits per heavy atom. The third-order valence-electron chi connectivity index (χ3n) is 3.95. The molecule has 0 aliphatic heterocycles. The zero-order chi connectivity index (χ0) is 13.7. The van der Waals surface area contributed by atoms with E-state index in [4.69, 9.17) is 10.00 Å². The van der Waals surface area contributed by atoms with Crippen LogP contribution in [0.3, 0.4) is 0 Å². The standard InChI is InChI=1S/C16H20FNO/c1-2-12-4-3-5-15(9-12)19-11-13-6-7-16(17)14(8-13)10-18/h6-8,12,15H,2-5,9,11H2,1H3. The number of nitrogens with zero attached hydrogens (tertiary/aromatic N) is 1. The molecule has 0 radical (unpaired) electrons. The largest absolute Gasteiger partial charge is 0.374 e. The predicted molar refractivity (Wildman–Crippen MR) is 71.9 cm³/mol. The van der Waals surface area contributed by atoms with Crippen LogP contribution in [0.1, 0.15) is 50.2 Å². The van der Waals surface area contributed by atoms with E-state index >= 15 is 0 Å². The third-order valence-corrected chi connectivity index (χ3v) is 3.95. The van der Waals surface area contributed by atoms with Gasteiger partial charge in [-0.1, -0.05) is 32.3 Å². The number of nitriles is 1. The van der Waals surface area contributed by atoms with Gasteiger partial charge in [0.05, 0.1) is 18.3 Å². The molecule has 0 spiro atoms. The monoisotopic (exact) mass is 261 g/mol. The summed E-state index contributed by atoms with van der Waals surface area (Å²) in [6.07, 6.45) is 6.32. The maximum Gasteiger partial charge on any atom is 0.140 e. The topological polar surface area (TPSA) is 33.0 Å². The lowest BCUT2D eigenvalue weighted by molar-refractivity contribution is 0.00174. The molecule has 1 aliphatic carbocycles. The fourth-order valence-electron chi connectivity index (χ4n) is 2.73. The van der Waals surface area contributed by atoms with E-state index in [1.807, 2.05) is 6.07 Å². The molecule has 0 bridgehead atoms. The van der Waals surface area contributed by atoms with Crippen LogP contribution in [0.2, 0.25) is 0 Å². The first-order chi connectivity index (χ1) is 9.22. The maximum absolute atomic E-state index is 13.2. The predicted octanol–water partition coefficient (Wildman–Crippen LogP) is 4.18. The number of halogens is 1. The van der Waals surface area contributed by atoms with Crippen molar-refractivity contribution in [3.8, 4) is 6.07 Å². The van der Waals surface area contributed by atoms with Gasteiger partial charge >= 0.3 is 0 Å². The third kappa shape index (κ3) is 3.78. The molecule has 2 atom stereocenters. The van der Waals surface area contributed by atoms with Gasteiger partial charge in [0.15, 0.2) is 0 Å². The summed E-state index contributed by atoms with van der Waals surface area (Å²) in [6, 6.07) is 6.47. The molecule has 3 heteroatoms. The summed E-state index contributed by atoms with van der Waals surface area (Å²) in [4.78, 5) is 0. The lowest BCUT2D eigenvalue weighted by atomic mass is 9.85. The molecule has 102 valence electrons. The maximum atomic E-state index is 13.2. The molecule has 0 saturated heterocycles. The Labute approximate surface area is 114 Å². The molecular weight excluding hydrogens is 241 g/mol. The minimum Gasteiger partial charge on any atom is -0.374 e. The molecule has 0 amide bonds. The first kappa shape index (κ1) is 14.0. The smallest absolute Gasteiger partial charge is 0.140 e. The van der Waals surface area contributed by atoms with Gasteiger partial charge in [0, 0.05) is 0 Å². The fraction of sp³-hybridized carbons (Fsp3) is 0.562. The van der Waals surface area contributed by atoms with Crippen LogP contribution < -0.4 is 0 Å². The van der Waals surface area contributed by atoms with Gasteiger partial charge < -0.3 is 4.74 Å². The molecule has 1 aromatic carbocycles. The zero-order valence-corrected chi connectivity index (χ0v) is 11.4. The van der Waals surface area contributed by atoms with Crippen molar-refractivity contribution in [3.05, 3.63) is 35.1 Å². The van der Waals surface area contributed by atoms with Gasteiger partial charge in [-0.3, -0.25) is 0 Å². The van der Waals surface area contributed by atoms with Crippen molar-refractivity contribution in [1.82, 2.24) is 0 Å². The Hall–Kier alpha value is -1.40. The summed E-state index contributed by atoms with van der Waals surface area (Å²) in [5.74, 6) is 0.316. The van der Waals surface area contributed by atoms with Gasteiger partial charge in [-0.25, -0.2) is 4.39 Å². The van der Waals surface area contributed by atoms with Crippen LogP contribution in [0.5, 0.6) is 0 Å². The Morgan fingerprint density at radius 3 is 3.00 bits per heavy atom. The van der Waals surface area contributed by atoms with Gasteiger partial charge in [0.1, 0.15) is 11.9 Å². The number of hydrogen-bond donors (Lipinski definition) is 0. The minimum atomic E-state index is -0.463. The van der Waals surface area contributed by atoms with Crippen molar-refractivity contribution in [2.75, 3.05) is 0 Å². The molecule has 2 nitrogen and oxygen atoms in total. The second-order valence-corrected chi connectivity index (χ2v) is 5.30. The van der Waals surface area contributed by atoms with Gasteiger partial charge in [0.25, 0.3) is 0 Å². The second kappa shape index (κ2) is 6.68. The quantitative estimate of drug-likeness (QED) is 0.814. The molecule has 1 aromatic rings. The van der Waals surface area contributed by atoms with Crippen molar-refractivity contribution < 1.29 is 9.13 Å². The molecule has 0 heterocycles. The Balaban J connectivity index is 1.90. The Bertz CT molecular complexity index is 466. The van der Waals surface area contributed by atoms with Crippen LogP contribution in [-0.2, 0) is 11.3 Å². The van der Waals surface area contributed by atoms with Crippen LogP contribution in [0, 0.1) is 23.1 Å². The SMILES string of the molecule is CCC1CCCC(OCc2ccc(F)c(C#N)c2)C1. The summed E-state index contributed by atoms with van der Waals surface area (Å²) in [6.45, 7) is 2.70. The molecule has 19 heavy (non-hydrogen) atoms. The second-order valence-electron chi connectivity index (χ2n) is 5.30. The van der Waals surface area contributed by atoms with Crippen molar-refractivity contribution in [2.24, 2.45) is 5.92 Å². The highest BCUT2D eigenvalue weighted by Crippen LogP contribution is 2.29. The van der Waals surface area contributed by atoms with Crippen molar-refractivity contribution in [1.29, 1.82) is 5.26 Å². The van der Waals surface area contributed by atoms with E-state index in [1.54, 1.807) is 12.1 Å². The average Bonchev–Trinajstić information content (AvgIpc) is 2.46. The minimum absolute atomic E-state index is 0.0937. The van der Waals surface area contributed by atoms with E-state index in [1.165, 1.54) is 25.3 Å². The van der Waals surface area contributed by atoms with Gasteiger partial charge in [0.2, 0.25) is 0 Å². The Morgan fingerprint density at radius 1 is 1.42 bits per heavy atom. The van der Waals surface area contributed by atoms with E-state index in [0.717, 1.165) is 24.3 Å². The van der Waals surface area contributed by atoms with Crippen LogP contribution in [-0.4, -0.2) is 6.10 Å². The number of hydrogen-bond acceptors (Lipinski definition) is 2. The molecule has 2 unspecified atom stereocenters. The van der Waals surface area contributed by atoms with Gasteiger partial charge in [-0.2, -0.15) is 5.26 Å². The fourth-order valence-corrected chi connectivity index (χ4v) is 2.73. The van der Waals surface area contributed by atoms with Crippen LogP contribution in [0.25, 0.3) is 0 Å². The van der Waals surface area contributed by atoms with Gasteiger partial charge in [-0.15, -0.1) is 0 Å². The normalized spacial score (nSPS) is 23.0.